The van der Waals surface area contributed by atoms with Crippen molar-refractivity contribution in [2.45, 2.75) is 18.3 Å². The van der Waals surface area contributed by atoms with Crippen molar-refractivity contribution in [1.29, 1.82) is 0 Å². The Bertz CT molecular complexity index is 869. The van der Waals surface area contributed by atoms with E-state index in [0.29, 0.717) is 11.3 Å². The number of methoxy groups -OCH3 is 1. The summed E-state index contributed by atoms with van der Waals surface area (Å²) >= 11 is 0. The molecule has 9 heteroatoms. The van der Waals surface area contributed by atoms with Gasteiger partial charge in [-0.15, -0.1) is 0 Å². The summed E-state index contributed by atoms with van der Waals surface area (Å²) in [7, 11) is 1.48. The quantitative estimate of drug-likeness (QED) is 0.847. The zero-order valence-electron chi connectivity index (χ0n) is 14.8. The van der Waals surface area contributed by atoms with Crippen molar-refractivity contribution in [2.24, 2.45) is 5.10 Å². The molecule has 0 fully saturated rings. The molecular formula is C19H17F3N2O4. The molecule has 1 N–H and O–H groups in total. The summed E-state index contributed by atoms with van der Waals surface area (Å²) in [5.74, 6) is -0.306. The van der Waals surface area contributed by atoms with Crippen LogP contribution in [0, 0.1) is 0 Å². The van der Waals surface area contributed by atoms with Crippen LogP contribution in [0.1, 0.15) is 12.0 Å². The number of ether oxygens (including phenoxy) is 2. The molecule has 6 nitrogen and oxygen atoms in total. The number of amides is 1. The first-order valence-corrected chi connectivity index (χ1v) is 8.26. The molecule has 1 heterocycles. The maximum Gasteiger partial charge on any atom is 0.438 e. The summed E-state index contributed by atoms with van der Waals surface area (Å²) in [4.78, 5) is 12.4. The molecule has 3 rings (SSSR count). The van der Waals surface area contributed by atoms with Gasteiger partial charge in [-0.25, -0.2) is 0 Å². The molecule has 28 heavy (non-hydrogen) atoms. The predicted molar refractivity (Wildman–Crippen MR) is 93.9 cm³/mol. The Morgan fingerprint density at radius 3 is 2.32 bits per heavy atom. The van der Waals surface area contributed by atoms with Gasteiger partial charge in [0.15, 0.2) is 6.61 Å². The smallest absolute Gasteiger partial charge is 0.438 e. The lowest BCUT2D eigenvalue weighted by molar-refractivity contribution is -0.302. The second-order valence-corrected chi connectivity index (χ2v) is 6.07. The number of aliphatic hydroxyl groups is 1. The Balaban J connectivity index is 1.80. The average molecular weight is 394 g/mol. The van der Waals surface area contributed by atoms with Crippen molar-refractivity contribution in [2.75, 3.05) is 13.7 Å². The Kier molecular flexibility index (Phi) is 5.28. The van der Waals surface area contributed by atoms with Gasteiger partial charge in [-0.05, 0) is 29.8 Å². The molecule has 2 aromatic rings. The third-order valence-electron chi connectivity index (χ3n) is 4.20. The second-order valence-electron chi connectivity index (χ2n) is 6.07. The zero-order chi connectivity index (χ0) is 20.4. The number of hydrogen-bond acceptors (Lipinski definition) is 5. The standard InChI is InChI=1S/C19H17F3N2O4/c1-27-14-7-9-15(10-8-14)28-12-17(25)24-18(26,19(20,21)22)11-16(23-24)13-5-3-2-4-6-13/h2-10,26H,11-12H2,1H3/t18-/m1/s1. The summed E-state index contributed by atoms with van der Waals surface area (Å²) in [6, 6.07) is 14.2. The fourth-order valence-electron chi connectivity index (χ4n) is 2.70. The van der Waals surface area contributed by atoms with Gasteiger partial charge < -0.3 is 14.6 Å². The van der Waals surface area contributed by atoms with E-state index >= 15 is 0 Å². The fourth-order valence-corrected chi connectivity index (χ4v) is 2.70. The minimum Gasteiger partial charge on any atom is -0.497 e. The number of alkyl halides is 3. The number of rotatable bonds is 5. The summed E-state index contributed by atoms with van der Waals surface area (Å²) in [6.07, 6.45) is -5.96. The van der Waals surface area contributed by atoms with E-state index in [9.17, 15) is 23.1 Å². The molecule has 1 amide bonds. The molecule has 0 bridgehead atoms. The van der Waals surface area contributed by atoms with Crippen molar-refractivity contribution in [3.05, 3.63) is 60.2 Å². The fraction of sp³-hybridized carbons (Fsp3) is 0.263. The SMILES string of the molecule is COc1ccc(OCC(=O)N2N=C(c3ccccc3)C[C@@]2(O)C(F)(F)F)cc1. The summed E-state index contributed by atoms with van der Waals surface area (Å²) < 4.78 is 50.8. The number of carbonyl (C=O) groups excluding carboxylic acids is 1. The maximum absolute atomic E-state index is 13.5. The predicted octanol–water partition coefficient (Wildman–Crippen LogP) is 2.96. The zero-order valence-corrected chi connectivity index (χ0v) is 14.8. The van der Waals surface area contributed by atoms with Gasteiger partial charge in [0.2, 0.25) is 0 Å². The van der Waals surface area contributed by atoms with Gasteiger partial charge in [0.05, 0.1) is 19.2 Å². The first-order chi connectivity index (χ1) is 13.2. The normalized spacial score (nSPS) is 19.3. The van der Waals surface area contributed by atoms with E-state index in [1.165, 1.54) is 19.2 Å². The van der Waals surface area contributed by atoms with Crippen LogP contribution in [0.4, 0.5) is 13.2 Å². The second kappa shape index (κ2) is 7.51. The van der Waals surface area contributed by atoms with Crippen LogP contribution in [0.5, 0.6) is 11.5 Å². The Morgan fingerprint density at radius 1 is 1.14 bits per heavy atom. The van der Waals surface area contributed by atoms with Gasteiger partial charge in [-0.3, -0.25) is 4.79 Å². The third kappa shape index (κ3) is 3.79. The van der Waals surface area contributed by atoms with Crippen molar-refractivity contribution >= 4 is 11.6 Å². The van der Waals surface area contributed by atoms with Crippen molar-refractivity contribution in [3.8, 4) is 11.5 Å². The average Bonchev–Trinajstić information content (AvgIpc) is 3.06. The van der Waals surface area contributed by atoms with Crippen LogP contribution in [0.15, 0.2) is 59.7 Å². The highest BCUT2D eigenvalue weighted by Crippen LogP contribution is 2.41. The van der Waals surface area contributed by atoms with Crippen molar-refractivity contribution in [3.63, 3.8) is 0 Å². The summed E-state index contributed by atoms with van der Waals surface area (Å²) in [6.45, 7) is -0.726. The minimum atomic E-state index is -5.09. The molecule has 148 valence electrons. The van der Waals surface area contributed by atoms with Crippen LogP contribution in [-0.2, 0) is 4.79 Å². The summed E-state index contributed by atoms with van der Waals surface area (Å²) in [5.41, 5.74) is -3.09. The van der Waals surface area contributed by atoms with E-state index in [4.69, 9.17) is 9.47 Å². The van der Waals surface area contributed by atoms with Gasteiger partial charge >= 0.3 is 6.18 Å². The first kappa shape index (κ1) is 19.7. The van der Waals surface area contributed by atoms with E-state index in [1.807, 2.05) is 0 Å². The molecule has 0 saturated carbocycles. The number of benzene rings is 2. The monoisotopic (exact) mass is 394 g/mol. The van der Waals surface area contributed by atoms with Crippen molar-refractivity contribution < 1.29 is 32.5 Å². The maximum atomic E-state index is 13.5. The highest BCUT2D eigenvalue weighted by molar-refractivity contribution is 6.03. The van der Waals surface area contributed by atoms with E-state index in [1.54, 1.807) is 42.5 Å². The molecule has 1 aliphatic rings. The molecule has 1 aliphatic heterocycles. The molecular weight excluding hydrogens is 377 g/mol. The van der Waals surface area contributed by atoms with Gasteiger partial charge in [-0.2, -0.15) is 23.3 Å². The van der Waals surface area contributed by atoms with Crippen LogP contribution >= 0.6 is 0 Å². The van der Waals surface area contributed by atoms with Gasteiger partial charge in [0.25, 0.3) is 11.6 Å². The molecule has 0 saturated heterocycles. The van der Waals surface area contributed by atoms with Crippen LogP contribution in [0.3, 0.4) is 0 Å². The lowest BCUT2D eigenvalue weighted by Crippen LogP contribution is -2.57. The lowest BCUT2D eigenvalue weighted by Gasteiger charge is -2.32. The molecule has 0 aliphatic carbocycles. The molecule has 2 aromatic carbocycles. The number of carbonyl (C=O) groups is 1. The lowest BCUT2D eigenvalue weighted by atomic mass is 10.0. The van der Waals surface area contributed by atoms with E-state index in [-0.39, 0.29) is 16.5 Å². The highest BCUT2D eigenvalue weighted by atomic mass is 19.4. The number of hydrogen-bond donors (Lipinski definition) is 1. The van der Waals surface area contributed by atoms with Crippen LogP contribution in [0.2, 0.25) is 0 Å². The minimum absolute atomic E-state index is 0.0433. The van der Waals surface area contributed by atoms with E-state index < -0.39 is 30.8 Å². The largest absolute Gasteiger partial charge is 0.497 e. The Labute approximate surface area is 158 Å². The third-order valence-corrected chi connectivity index (χ3v) is 4.20. The van der Waals surface area contributed by atoms with Gasteiger partial charge in [-0.1, -0.05) is 30.3 Å². The van der Waals surface area contributed by atoms with Crippen molar-refractivity contribution in [1.82, 2.24) is 5.01 Å². The van der Waals surface area contributed by atoms with Gasteiger partial charge in [0, 0.05) is 0 Å². The number of halogens is 3. The Morgan fingerprint density at radius 2 is 1.75 bits per heavy atom. The molecule has 1 atom stereocenters. The Hall–Kier alpha value is -3.07. The molecule has 0 aromatic heterocycles. The topological polar surface area (TPSA) is 71.4 Å². The van der Waals surface area contributed by atoms with Crippen LogP contribution in [0.25, 0.3) is 0 Å². The van der Waals surface area contributed by atoms with Gasteiger partial charge in [0.1, 0.15) is 11.5 Å². The molecule has 0 unspecified atom stereocenters. The summed E-state index contributed by atoms with van der Waals surface area (Å²) in [5, 5.41) is 14.1. The number of nitrogens with zero attached hydrogens (tertiary/aromatic N) is 2. The molecule has 0 radical (unpaired) electrons. The van der Waals surface area contributed by atoms with Crippen LogP contribution < -0.4 is 9.47 Å². The number of hydrazone groups is 1. The highest BCUT2D eigenvalue weighted by Gasteiger charge is 2.63. The first-order valence-electron chi connectivity index (χ1n) is 8.26. The van der Waals surface area contributed by atoms with E-state index in [0.717, 1.165) is 0 Å². The van der Waals surface area contributed by atoms with Crippen LogP contribution in [-0.4, -0.2) is 47.4 Å². The molecule has 0 spiro atoms. The van der Waals surface area contributed by atoms with E-state index in [2.05, 4.69) is 5.10 Å².